The molecule has 0 heterocycles. The first kappa shape index (κ1) is 16.8. The summed E-state index contributed by atoms with van der Waals surface area (Å²) in [6, 6.07) is 11.0. The van der Waals surface area contributed by atoms with Crippen LogP contribution >= 0.6 is 11.6 Å². The molecular formula is C17H16ClNO4. The first-order valence-electron chi connectivity index (χ1n) is 6.86. The third kappa shape index (κ3) is 4.02. The van der Waals surface area contributed by atoms with Crippen molar-refractivity contribution in [2.75, 3.05) is 12.8 Å². The summed E-state index contributed by atoms with van der Waals surface area (Å²) in [4.78, 5) is 24.4. The Bertz CT molecular complexity index is 728. The molecule has 0 amide bonds. The third-order valence-electron chi connectivity index (χ3n) is 3.26. The van der Waals surface area contributed by atoms with E-state index in [2.05, 4.69) is 0 Å². The summed E-state index contributed by atoms with van der Waals surface area (Å²) in [6.45, 7) is 1.51. The van der Waals surface area contributed by atoms with Crippen molar-refractivity contribution in [3.8, 4) is 5.75 Å². The van der Waals surface area contributed by atoms with Crippen molar-refractivity contribution in [1.29, 1.82) is 0 Å². The van der Waals surface area contributed by atoms with Crippen LogP contribution in [-0.4, -0.2) is 25.0 Å². The summed E-state index contributed by atoms with van der Waals surface area (Å²) >= 11 is 5.79. The summed E-state index contributed by atoms with van der Waals surface area (Å²) in [5.41, 5.74) is 6.53. The molecule has 2 rings (SSSR count). The number of ketones is 1. The Kier molecular flexibility index (Phi) is 5.24. The molecule has 0 saturated carbocycles. The van der Waals surface area contributed by atoms with E-state index in [4.69, 9.17) is 26.8 Å². The minimum absolute atomic E-state index is 0.170. The minimum atomic E-state index is -0.939. The lowest BCUT2D eigenvalue weighted by molar-refractivity contribution is 0.0320. The Labute approximate surface area is 139 Å². The van der Waals surface area contributed by atoms with Crippen molar-refractivity contribution in [3.05, 3.63) is 58.6 Å². The van der Waals surface area contributed by atoms with Crippen molar-refractivity contribution in [2.45, 2.75) is 13.0 Å². The highest BCUT2D eigenvalue weighted by Gasteiger charge is 2.21. The smallest absolute Gasteiger partial charge is 0.340 e. The summed E-state index contributed by atoms with van der Waals surface area (Å²) < 4.78 is 10.2. The lowest BCUT2D eigenvalue weighted by Gasteiger charge is -2.13. The fourth-order valence-electron chi connectivity index (χ4n) is 1.99. The number of esters is 1. The molecular weight excluding hydrogens is 318 g/mol. The third-order valence-corrected chi connectivity index (χ3v) is 3.50. The van der Waals surface area contributed by atoms with Gasteiger partial charge in [-0.25, -0.2) is 4.79 Å². The molecule has 2 aromatic carbocycles. The summed E-state index contributed by atoms with van der Waals surface area (Å²) in [7, 11) is 1.54. The fourth-order valence-corrected chi connectivity index (χ4v) is 2.17. The Morgan fingerprint density at radius 2 is 1.78 bits per heavy atom. The highest BCUT2D eigenvalue weighted by atomic mass is 35.5. The zero-order valence-corrected chi connectivity index (χ0v) is 13.5. The number of nitrogens with two attached hydrogens (primary N) is 1. The summed E-state index contributed by atoms with van der Waals surface area (Å²) in [5, 5.41) is 0.418. The van der Waals surface area contributed by atoms with Crippen molar-refractivity contribution in [1.82, 2.24) is 0 Å². The molecule has 2 aromatic rings. The van der Waals surface area contributed by atoms with Gasteiger partial charge in [0.05, 0.1) is 12.7 Å². The van der Waals surface area contributed by atoms with E-state index < -0.39 is 12.1 Å². The molecule has 2 N–H and O–H groups in total. The van der Waals surface area contributed by atoms with Gasteiger partial charge >= 0.3 is 5.97 Å². The van der Waals surface area contributed by atoms with E-state index in [9.17, 15) is 9.59 Å². The van der Waals surface area contributed by atoms with Crippen LogP contribution in [-0.2, 0) is 4.74 Å². The number of carbonyl (C=O) groups excluding carboxylic acids is 2. The molecule has 1 atom stereocenters. The second kappa shape index (κ2) is 7.15. The predicted molar refractivity (Wildman–Crippen MR) is 88.1 cm³/mol. The first-order valence-corrected chi connectivity index (χ1v) is 7.24. The van der Waals surface area contributed by atoms with E-state index in [1.54, 1.807) is 24.3 Å². The summed E-state index contributed by atoms with van der Waals surface area (Å²) in [5.74, 6) is -0.345. The van der Waals surface area contributed by atoms with E-state index >= 15 is 0 Å². The van der Waals surface area contributed by atoms with Gasteiger partial charge < -0.3 is 15.2 Å². The minimum Gasteiger partial charge on any atom is -0.497 e. The molecule has 23 heavy (non-hydrogen) atoms. The van der Waals surface area contributed by atoms with Crippen molar-refractivity contribution >= 4 is 29.0 Å². The molecule has 0 aliphatic heterocycles. The molecule has 6 heteroatoms. The number of Topliss-reactive ketones (excluding diaryl/α,β-unsaturated/α-hetero) is 1. The number of anilines is 1. The number of halogens is 1. The molecule has 0 aliphatic carbocycles. The van der Waals surface area contributed by atoms with Crippen LogP contribution in [0.25, 0.3) is 0 Å². The van der Waals surface area contributed by atoms with Gasteiger partial charge in [-0.05, 0) is 49.4 Å². The van der Waals surface area contributed by atoms with Gasteiger partial charge in [0, 0.05) is 16.3 Å². The fraction of sp³-hybridized carbons (Fsp3) is 0.176. The van der Waals surface area contributed by atoms with E-state index in [0.29, 0.717) is 16.3 Å². The highest BCUT2D eigenvalue weighted by molar-refractivity contribution is 6.31. The van der Waals surface area contributed by atoms with Gasteiger partial charge in [0.1, 0.15) is 5.75 Å². The number of hydrogen-bond donors (Lipinski definition) is 1. The van der Waals surface area contributed by atoms with E-state index in [1.165, 1.54) is 32.2 Å². The second-order valence-electron chi connectivity index (χ2n) is 4.87. The molecule has 0 saturated heterocycles. The van der Waals surface area contributed by atoms with E-state index in [0.717, 1.165) is 0 Å². The topological polar surface area (TPSA) is 78.6 Å². The van der Waals surface area contributed by atoms with Gasteiger partial charge in [-0.3, -0.25) is 4.79 Å². The van der Waals surface area contributed by atoms with E-state index in [-0.39, 0.29) is 17.0 Å². The number of ether oxygens (including phenoxy) is 2. The maximum Gasteiger partial charge on any atom is 0.340 e. The molecule has 120 valence electrons. The average Bonchev–Trinajstić information content (AvgIpc) is 2.54. The van der Waals surface area contributed by atoms with Gasteiger partial charge in [0.25, 0.3) is 0 Å². The Balaban J connectivity index is 2.09. The monoisotopic (exact) mass is 333 g/mol. The molecule has 0 bridgehead atoms. The quantitative estimate of drug-likeness (QED) is 0.515. The molecule has 0 radical (unpaired) electrons. The van der Waals surface area contributed by atoms with Gasteiger partial charge in [-0.2, -0.15) is 0 Å². The number of hydrogen-bond acceptors (Lipinski definition) is 5. The Morgan fingerprint density at radius 1 is 1.13 bits per heavy atom. The zero-order valence-electron chi connectivity index (χ0n) is 12.7. The normalized spacial score (nSPS) is 11.6. The lowest BCUT2D eigenvalue weighted by atomic mass is 10.1. The van der Waals surface area contributed by atoms with Gasteiger partial charge in [-0.1, -0.05) is 11.6 Å². The van der Waals surface area contributed by atoms with Crippen LogP contribution in [0.1, 0.15) is 27.6 Å². The molecule has 5 nitrogen and oxygen atoms in total. The van der Waals surface area contributed by atoms with Crippen LogP contribution in [0.15, 0.2) is 42.5 Å². The van der Waals surface area contributed by atoms with Gasteiger partial charge in [0.15, 0.2) is 6.10 Å². The van der Waals surface area contributed by atoms with Crippen LogP contribution in [0.5, 0.6) is 5.75 Å². The molecule has 0 fully saturated rings. The van der Waals surface area contributed by atoms with Gasteiger partial charge in [-0.15, -0.1) is 0 Å². The number of rotatable bonds is 5. The lowest BCUT2D eigenvalue weighted by Crippen LogP contribution is -2.24. The largest absolute Gasteiger partial charge is 0.497 e. The summed E-state index contributed by atoms with van der Waals surface area (Å²) in [6.07, 6.45) is -0.939. The molecule has 0 spiro atoms. The number of methoxy groups -OCH3 is 1. The van der Waals surface area contributed by atoms with E-state index in [1.807, 2.05) is 0 Å². The van der Waals surface area contributed by atoms with Crippen molar-refractivity contribution < 1.29 is 19.1 Å². The van der Waals surface area contributed by atoms with Crippen LogP contribution in [0.2, 0.25) is 5.02 Å². The standard InChI is InChI=1S/C17H16ClNO4/c1-10(16(20)11-3-6-13(22-2)7-4-11)23-17(21)14-8-5-12(18)9-15(14)19/h3-10H,19H2,1-2H3/t10-/m0/s1. The Morgan fingerprint density at radius 3 is 2.35 bits per heavy atom. The van der Waals surface area contributed by atoms with Gasteiger partial charge in [0.2, 0.25) is 5.78 Å². The first-order chi connectivity index (χ1) is 10.9. The molecule has 0 aromatic heterocycles. The van der Waals surface area contributed by atoms with Crippen molar-refractivity contribution in [2.24, 2.45) is 0 Å². The highest BCUT2D eigenvalue weighted by Crippen LogP contribution is 2.20. The molecule has 0 unspecified atom stereocenters. The predicted octanol–water partition coefficient (Wildman–Crippen LogP) is 3.36. The van der Waals surface area contributed by atoms with Crippen molar-refractivity contribution in [3.63, 3.8) is 0 Å². The zero-order chi connectivity index (χ0) is 17.0. The van der Waals surface area contributed by atoms with Crippen LogP contribution in [0, 0.1) is 0 Å². The van der Waals surface area contributed by atoms with Crippen LogP contribution < -0.4 is 10.5 Å². The maximum atomic E-state index is 12.3. The van der Waals surface area contributed by atoms with Crippen LogP contribution in [0.3, 0.4) is 0 Å². The average molecular weight is 334 g/mol. The number of carbonyl (C=O) groups is 2. The number of nitrogen functional groups attached to an aromatic ring is 1. The SMILES string of the molecule is COc1ccc(C(=O)[C@H](C)OC(=O)c2ccc(Cl)cc2N)cc1. The van der Waals surface area contributed by atoms with Crippen LogP contribution in [0.4, 0.5) is 5.69 Å². The number of benzene rings is 2. The Hall–Kier alpha value is -2.53. The maximum absolute atomic E-state index is 12.3. The second-order valence-corrected chi connectivity index (χ2v) is 5.31. The molecule has 0 aliphatic rings.